The summed E-state index contributed by atoms with van der Waals surface area (Å²) in [6.45, 7) is 20.8. The molecule has 6 nitrogen and oxygen atoms in total. The number of imidazole rings is 1. The molecule has 0 spiro atoms. The first-order chi connectivity index (χ1) is 35.5. The van der Waals surface area contributed by atoms with E-state index in [1.54, 1.807) is 0 Å². The fraction of sp³-hybridized carbons (Fsp3) is 0.182. The number of nitrogens with zero attached hydrogens (tertiary/aromatic N) is 5. The molecule has 0 radical (unpaired) electrons. The van der Waals surface area contributed by atoms with Gasteiger partial charge in [-0.05, 0) is 17.7 Å². The van der Waals surface area contributed by atoms with Gasteiger partial charge < -0.3 is 0 Å². The van der Waals surface area contributed by atoms with E-state index in [-0.39, 0.29) is 23.2 Å². The summed E-state index contributed by atoms with van der Waals surface area (Å²) in [5.74, 6) is 2.03. The summed E-state index contributed by atoms with van der Waals surface area (Å²) in [5.41, 5.74) is 19.9. The van der Waals surface area contributed by atoms with Crippen molar-refractivity contribution in [3.05, 3.63) is 221 Å². The summed E-state index contributed by atoms with van der Waals surface area (Å²) in [6, 6.07) is 72.6. The number of rotatable bonds is 7. The van der Waals surface area contributed by atoms with Crippen LogP contribution < -0.4 is 19.8 Å². The van der Waals surface area contributed by atoms with Crippen molar-refractivity contribution >= 4 is 46.4 Å². The SMILES string of the molecule is CC(C)(C)c1cc(-c2cc(C(C)(C)C)cc(-c3ccccc3)c2-n2[c](=[Pt])n(-c3cccc(Oc4cccc(N5B6c7ccccc7-c7ccccc7N6c6ccccc65)n4)c3)c3ccccc32)cc(C(C)(C)C)c1. The van der Waals surface area contributed by atoms with E-state index in [1.807, 2.05) is 12.1 Å². The molecule has 0 saturated carbocycles. The number of hydrogen-bond donors (Lipinski definition) is 0. The Morgan fingerprint density at radius 2 is 0.973 bits per heavy atom. The second kappa shape index (κ2) is 17.9. The van der Waals surface area contributed by atoms with Gasteiger partial charge in [0.05, 0.1) is 0 Å². The third-order valence-electron chi connectivity index (χ3n) is 14.8. The molecule has 12 rings (SSSR count). The van der Waals surface area contributed by atoms with E-state index in [0.29, 0.717) is 11.6 Å². The maximum absolute atomic E-state index is 6.84. The van der Waals surface area contributed by atoms with Crippen molar-refractivity contribution in [1.29, 1.82) is 0 Å². The third kappa shape index (κ3) is 8.17. The summed E-state index contributed by atoms with van der Waals surface area (Å²) in [5, 5.41) is 0. The average molecular weight is 1150 g/mol. The number of aromatic nitrogens is 3. The van der Waals surface area contributed by atoms with Gasteiger partial charge in [0.25, 0.3) is 0 Å². The predicted octanol–water partition coefficient (Wildman–Crippen LogP) is 16.6. The topological polar surface area (TPSA) is 38.5 Å². The van der Waals surface area contributed by atoms with Crippen LogP contribution in [0.3, 0.4) is 0 Å². The van der Waals surface area contributed by atoms with Crippen molar-refractivity contribution < 1.29 is 24.1 Å². The number of hydrogen-bond acceptors (Lipinski definition) is 4. The average Bonchev–Trinajstić information content (AvgIpc) is 3.90. The molecule has 10 aromatic rings. The third-order valence-corrected chi connectivity index (χ3v) is 15.8. The summed E-state index contributed by atoms with van der Waals surface area (Å²) >= 11 is 2.55. The molecule has 0 aliphatic carbocycles. The second-order valence-electron chi connectivity index (χ2n) is 22.9. The molecular formula is C66H60BN5OPt. The van der Waals surface area contributed by atoms with Crippen molar-refractivity contribution in [2.45, 2.75) is 78.6 Å². The van der Waals surface area contributed by atoms with E-state index in [4.69, 9.17) is 9.72 Å². The Bertz CT molecular complexity index is 3860. The molecule has 8 aromatic carbocycles. The quantitative estimate of drug-likeness (QED) is 0.149. The van der Waals surface area contributed by atoms with E-state index < -0.39 is 0 Å². The molecule has 0 unspecified atom stereocenters. The van der Waals surface area contributed by atoms with Crippen LogP contribution in [0.5, 0.6) is 11.6 Å². The van der Waals surface area contributed by atoms with E-state index in [2.05, 4.69) is 288 Å². The van der Waals surface area contributed by atoms with E-state index in [0.717, 1.165) is 43.4 Å². The molecule has 368 valence electrons. The van der Waals surface area contributed by atoms with Crippen LogP contribution in [-0.2, 0) is 35.6 Å². The molecule has 2 aliphatic heterocycles. The van der Waals surface area contributed by atoms with Gasteiger partial charge in [-0.2, -0.15) is 0 Å². The van der Waals surface area contributed by atoms with Crippen LogP contribution in [0.2, 0.25) is 0 Å². The number of anilines is 4. The van der Waals surface area contributed by atoms with Crippen LogP contribution in [0.25, 0.3) is 55.8 Å². The molecule has 0 atom stereocenters. The Labute approximate surface area is 447 Å². The molecule has 4 heterocycles. The van der Waals surface area contributed by atoms with Gasteiger partial charge in [-0.15, -0.1) is 0 Å². The standard InChI is InChI=1S/C66H60BN5O.Pt/c1-64(2,3)46-37-45(38-47(39-46)65(4,5)6)54-41-48(66(7,8)9)40-53(44-23-11-10-12-24-44)63(54)70-43-69(57-31-17-18-32-58(57)70)49-25-21-26-50(42-49)73-62-36-22-35-61(68-62)72-60-34-20-19-33-59(60)71-56-30-16-14-28-52(56)51-27-13-15-29-55(51)67(71)72;/h10-42H,1-9H3;. The summed E-state index contributed by atoms with van der Waals surface area (Å²) in [6.07, 6.45) is 0. The Balaban J connectivity index is 0.997. The fourth-order valence-electron chi connectivity index (χ4n) is 10.9. The number of para-hydroxylation sites is 5. The van der Waals surface area contributed by atoms with Gasteiger partial charge >= 0.3 is 366 Å². The number of benzene rings is 8. The van der Waals surface area contributed by atoms with Crippen LogP contribution in [0.1, 0.15) is 79.0 Å². The minimum absolute atomic E-state index is 0.0585. The Hall–Kier alpha value is -7.47. The fourth-order valence-corrected chi connectivity index (χ4v) is 12.0. The van der Waals surface area contributed by atoms with Gasteiger partial charge in [-0.1, -0.05) is 54.6 Å². The van der Waals surface area contributed by atoms with Gasteiger partial charge in [0.15, 0.2) is 0 Å². The first kappa shape index (κ1) is 47.5. The van der Waals surface area contributed by atoms with Gasteiger partial charge in [0, 0.05) is 11.3 Å². The number of ether oxygens (including phenoxy) is 1. The molecule has 2 aliphatic rings. The molecule has 0 fully saturated rings. The molecule has 0 bridgehead atoms. The summed E-state index contributed by atoms with van der Waals surface area (Å²) in [7, 11) is 0. The second-order valence-corrected chi connectivity index (χ2v) is 23.9. The molecular weight excluding hydrogens is 1080 g/mol. The van der Waals surface area contributed by atoms with Crippen molar-refractivity contribution in [3.8, 4) is 56.4 Å². The van der Waals surface area contributed by atoms with Gasteiger partial charge in [-0.25, -0.2) is 0 Å². The number of pyridine rings is 1. The van der Waals surface area contributed by atoms with E-state index in [9.17, 15) is 0 Å². The predicted molar refractivity (Wildman–Crippen MR) is 305 cm³/mol. The molecule has 0 amide bonds. The molecule has 0 saturated heterocycles. The Morgan fingerprint density at radius 3 is 1.65 bits per heavy atom. The Kier molecular flexibility index (Phi) is 11.5. The van der Waals surface area contributed by atoms with Crippen molar-refractivity contribution in [3.63, 3.8) is 0 Å². The van der Waals surface area contributed by atoms with E-state index >= 15 is 0 Å². The van der Waals surface area contributed by atoms with Gasteiger partial charge in [-0.3, -0.25) is 0 Å². The zero-order valence-corrected chi connectivity index (χ0v) is 45.9. The van der Waals surface area contributed by atoms with Crippen molar-refractivity contribution in [1.82, 2.24) is 14.1 Å². The zero-order chi connectivity index (χ0) is 51.3. The van der Waals surface area contributed by atoms with E-state index in [1.165, 1.54) is 61.2 Å². The molecule has 8 heteroatoms. The van der Waals surface area contributed by atoms with Crippen LogP contribution in [-0.4, -0.2) is 21.1 Å². The van der Waals surface area contributed by atoms with Gasteiger partial charge in [0.2, 0.25) is 0 Å². The Morgan fingerprint density at radius 1 is 0.432 bits per heavy atom. The van der Waals surface area contributed by atoms with Crippen molar-refractivity contribution in [2.75, 3.05) is 9.62 Å². The maximum atomic E-state index is 6.84. The summed E-state index contributed by atoms with van der Waals surface area (Å²) in [4.78, 5) is 10.1. The van der Waals surface area contributed by atoms with Gasteiger partial charge in [0.1, 0.15) is 0 Å². The molecule has 0 N–H and O–H groups in total. The monoisotopic (exact) mass is 1140 g/mol. The molecule has 2 aromatic heterocycles. The first-order valence-corrected chi connectivity index (χ1v) is 26.9. The normalized spacial score (nSPS) is 13.2. The summed E-state index contributed by atoms with van der Waals surface area (Å²) < 4.78 is 12.7. The van der Waals surface area contributed by atoms with Crippen molar-refractivity contribution in [2.24, 2.45) is 0 Å². The van der Waals surface area contributed by atoms with Crippen LogP contribution >= 0.6 is 0 Å². The van der Waals surface area contributed by atoms with Crippen LogP contribution in [0.4, 0.5) is 22.9 Å². The van der Waals surface area contributed by atoms with Crippen LogP contribution in [0, 0.1) is 3.80 Å². The minimum atomic E-state index is -0.129. The van der Waals surface area contributed by atoms with Crippen LogP contribution in [0.15, 0.2) is 200 Å². The number of fused-ring (bicyclic) bond motifs is 9. The first-order valence-electron chi connectivity index (χ1n) is 25.7. The molecule has 74 heavy (non-hydrogen) atoms. The zero-order valence-electron chi connectivity index (χ0n) is 43.6.